The second kappa shape index (κ2) is 5.58. The Morgan fingerprint density at radius 1 is 1.29 bits per heavy atom. The van der Waals surface area contributed by atoms with Gasteiger partial charge in [-0.05, 0) is 18.2 Å². The van der Waals surface area contributed by atoms with Crippen LogP contribution in [-0.4, -0.2) is 37.1 Å². The molecule has 0 aliphatic heterocycles. The first kappa shape index (κ1) is 13.0. The summed E-state index contributed by atoms with van der Waals surface area (Å²) in [6.45, 7) is 0.421. The van der Waals surface area contributed by atoms with Crippen LogP contribution in [-0.2, 0) is 6.42 Å². The summed E-state index contributed by atoms with van der Waals surface area (Å²) in [5, 5.41) is 20.2. The highest BCUT2D eigenvalue weighted by atomic mass is 16.3. The van der Waals surface area contributed by atoms with Crippen molar-refractivity contribution in [3.8, 4) is 5.75 Å². The van der Waals surface area contributed by atoms with Gasteiger partial charge in [0.1, 0.15) is 11.6 Å². The molecular weight excluding hydrogens is 270 g/mol. The van der Waals surface area contributed by atoms with E-state index in [0.717, 1.165) is 11.5 Å². The smallest absolute Gasteiger partial charge is 0.252 e. The zero-order chi connectivity index (χ0) is 14.7. The van der Waals surface area contributed by atoms with Crippen LogP contribution in [0.5, 0.6) is 5.75 Å². The molecule has 0 fully saturated rings. The van der Waals surface area contributed by atoms with Crippen LogP contribution in [0.2, 0.25) is 0 Å². The van der Waals surface area contributed by atoms with Gasteiger partial charge in [-0.3, -0.25) is 14.2 Å². The Balaban J connectivity index is 1.62. The second-order valence-electron chi connectivity index (χ2n) is 4.48. The van der Waals surface area contributed by atoms with Gasteiger partial charge in [-0.2, -0.15) is 0 Å². The van der Waals surface area contributed by atoms with E-state index in [-0.39, 0.29) is 11.7 Å². The van der Waals surface area contributed by atoms with E-state index in [2.05, 4.69) is 20.5 Å². The summed E-state index contributed by atoms with van der Waals surface area (Å²) in [4.78, 5) is 15.7. The van der Waals surface area contributed by atoms with Crippen molar-refractivity contribution in [1.29, 1.82) is 0 Å². The summed E-state index contributed by atoms with van der Waals surface area (Å²) in [5.41, 5.74) is 1.09. The third-order valence-electron chi connectivity index (χ3n) is 3.00. The van der Waals surface area contributed by atoms with Crippen LogP contribution in [0.3, 0.4) is 0 Å². The first-order valence-corrected chi connectivity index (χ1v) is 6.45. The van der Waals surface area contributed by atoms with Crippen LogP contribution in [0.15, 0.2) is 42.9 Å². The summed E-state index contributed by atoms with van der Waals surface area (Å²) in [7, 11) is 0. The Hall–Kier alpha value is -2.96. The van der Waals surface area contributed by atoms with E-state index in [1.54, 1.807) is 0 Å². The molecule has 21 heavy (non-hydrogen) atoms. The van der Waals surface area contributed by atoms with Gasteiger partial charge in [0.05, 0.1) is 11.8 Å². The molecule has 0 aromatic carbocycles. The minimum atomic E-state index is -0.285. The van der Waals surface area contributed by atoms with Crippen LogP contribution >= 0.6 is 0 Å². The zero-order valence-electron chi connectivity index (χ0n) is 11.1. The number of rotatable bonds is 4. The number of fused-ring (bicyclic) bond motifs is 1. The van der Waals surface area contributed by atoms with Gasteiger partial charge in [-0.1, -0.05) is 6.07 Å². The fraction of sp³-hybridized carbons (Fsp3) is 0.143. The summed E-state index contributed by atoms with van der Waals surface area (Å²) < 4.78 is 1.88. The largest absolute Gasteiger partial charge is 0.506 e. The van der Waals surface area contributed by atoms with Crippen LogP contribution in [0, 0.1) is 0 Å². The maximum absolute atomic E-state index is 11.9. The average Bonchev–Trinajstić information content (AvgIpc) is 2.91. The van der Waals surface area contributed by atoms with Crippen molar-refractivity contribution in [2.24, 2.45) is 0 Å². The molecule has 7 nitrogen and oxygen atoms in total. The predicted octanol–water partition coefficient (Wildman–Crippen LogP) is 0.802. The van der Waals surface area contributed by atoms with Crippen LogP contribution in [0.25, 0.3) is 5.65 Å². The number of pyridine rings is 2. The van der Waals surface area contributed by atoms with Gasteiger partial charge in [0.25, 0.3) is 5.91 Å². The molecule has 0 aliphatic rings. The first-order valence-electron chi connectivity index (χ1n) is 6.45. The number of carbonyl (C=O) groups excluding carboxylic acids is 1. The standard InChI is InChI=1S/C14H13N5O2/c20-11-7-10(8-15-9-11)14(21)16-5-4-13-18-17-12-3-1-2-6-19(12)13/h1-3,6-9,20H,4-5H2,(H,16,21). The lowest BCUT2D eigenvalue weighted by molar-refractivity contribution is 0.0953. The fourth-order valence-corrected chi connectivity index (χ4v) is 2.00. The Bertz CT molecular complexity index is 784. The number of nitrogens with zero attached hydrogens (tertiary/aromatic N) is 4. The van der Waals surface area contributed by atoms with Gasteiger partial charge in [0, 0.05) is 25.4 Å². The summed E-state index contributed by atoms with van der Waals surface area (Å²) in [5.74, 6) is 0.457. The van der Waals surface area contributed by atoms with Crippen molar-refractivity contribution in [2.45, 2.75) is 6.42 Å². The average molecular weight is 283 g/mol. The minimum Gasteiger partial charge on any atom is -0.506 e. The SMILES string of the molecule is O=C(NCCc1nnc2ccccn12)c1cncc(O)c1. The quantitative estimate of drug-likeness (QED) is 0.739. The van der Waals surface area contributed by atoms with E-state index in [0.29, 0.717) is 18.5 Å². The number of nitrogens with one attached hydrogen (secondary N) is 1. The lowest BCUT2D eigenvalue weighted by atomic mass is 10.2. The number of aromatic hydroxyl groups is 1. The highest BCUT2D eigenvalue weighted by Crippen LogP contribution is 2.08. The van der Waals surface area contributed by atoms with Crippen LogP contribution < -0.4 is 5.32 Å². The van der Waals surface area contributed by atoms with Gasteiger partial charge >= 0.3 is 0 Å². The van der Waals surface area contributed by atoms with Crippen molar-refractivity contribution < 1.29 is 9.90 Å². The van der Waals surface area contributed by atoms with Crippen LogP contribution in [0.4, 0.5) is 0 Å². The predicted molar refractivity (Wildman–Crippen MR) is 74.9 cm³/mol. The molecule has 0 atom stereocenters. The summed E-state index contributed by atoms with van der Waals surface area (Å²) in [6.07, 6.45) is 5.12. The van der Waals surface area contributed by atoms with E-state index >= 15 is 0 Å². The van der Waals surface area contributed by atoms with E-state index in [1.165, 1.54) is 18.5 Å². The Morgan fingerprint density at radius 2 is 2.19 bits per heavy atom. The molecule has 0 aliphatic carbocycles. The van der Waals surface area contributed by atoms with Crippen LogP contribution in [0.1, 0.15) is 16.2 Å². The molecule has 3 heterocycles. The topological polar surface area (TPSA) is 92.4 Å². The zero-order valence-corrected chi connectivity index (χ0v) is 11.1. The molecule has 0 spiro atoms. The van der Waals surface area contributed by atoms with Crippen molar-refractivity contribution >= 4 is 11.6 Å². The third kappa shape index (κ3) is 2.81. The molecule has 3 aromatic heterocycles. The third-order valence-corrected chi connectivity index (χ3v) is 3.00. The fourth-order valence-electron chi connectivity index (χ4n) is 2.00. The first-order chi connectivity index (χ1) is 10.2. The van der Waals surface area contributed by atoms with Gasteiger partial charge in [0.15, 0.2) is 5.65 Å². The van der Waals surface area contributed by atoms with Gasteiger partial charge in [-0.15, -0.1) is 10.2 Å². The molecule has 0 bridgehead atoms. The second-order valence-corrected chi connectivity index (χ2v) is 4.48. The molecule has 7 heteroatoms. The van der Waals surface area contributed by atoms with Crippen molar-refractivity contribution in [1.82, 2.24) is 24.9 Å². The maximum atomic E-state index is 11.9. The van der Waals surface area contributed by atoms with E-state index in [9.17, 15) is 9.90 Å². The van der Waals surface area contributed by atoms with Crippen molar-refractivity contribution in [2.75, 3.05) is 6.54 Å². The van der Waals surface area contributed by atoms with E-state index in [1.807, 2.05) is 28.8 Å². The summed E-state index contributed by atoms with van der Waals surface area (Å²) >= 11 is 0. The highest BCUT2D eigenvalue weighted by molar-refractivity contribution is 5.94. The van der Waals surface area contributed by atoms with Gasteiger partial charge in [0.2, 0.25) is 0 Å². The monoisotopic (exact) mass is 283 g/mol. The lowest BCUT2D eigenvalue weighted by Crippen LogP contribution is -2.26. The molecule has 0 unspecified atom stereocenters. The number of amides is 1. The molecule has 3 rings (SSSR count). The van der Waals surface area contributed by atoms with Crippen molar-refractivity contribution in [3.05, 3.63) is 54.2 Å². The molecule has 0 saturated heterocycles. The normalized spacial score (nSPS) is 10.7. The van der Waals surface area contributed by atoms with Gasteiger partial charge < -0.3 is 10.4 Å². The van der Waals surface area contributed by atoms with E-state index < -0.39 is 0 Å². The molecular formula is C14H13N5O2. The number of carbonyl (C=O) groups is 1. The molecule has 1 amide bonds. The maximum Gasteiger partial charge on any atom is 0.252 e. The molecule has 3 aromatic rings. The molecule has 0 saturated carbocycles. The Kier molecular flexibility index (Phi) is 3.46. The number of aromatic nitrogens is 4. The van der Waals surface area contributed by atoms with E-state index in [4.69, 9.17) is 0 Å². The molecule has 2 N–H and O–H groups in total. The summed E-state index contributed by atoms with van der Waals surface area (Å²) in [6, 6.07) is 7.03. The van der Waals surface area contributed by atoms with Crippen molar-refractivity contribution in [3.63, 3.8) is 0 Å². The number of hydrogen-bond acceptors (Lipinski definition) is 5. The Labute approximate surface area is 120 Å². The van der Waals surface area contributed by atoms with Gasteiger partial charge in [-0.25, -0.2) is 0 Å². The highest BCUT2D eigenvalue weighted by Gasteiger charge is 2.08. The minimum absolute atomic E-state index is 0.0360. The number of hydrogen-bond donors (Lipinski definition) is 2. The Morgan fingerprint density at radius 3 is 3.05 bits per heavy atom. The molecule has 0 radical (unpaired) electrons. The lowest BCUT2D eigenvalue weighted by Gasteiger charge is -2.04. The molecule has 106 valence electrons.